The van der Waals surface area contributed by atoms with Crippen LogP contribution < -0.4 is 16.6 Å². The topological polar surface area (TPSA) is 79.1 Å². The van der Waals surface area contributed by atoms with Gasteiger partial charge in [-0.25, -0.2) is 15.8 Å². The maximum absolute atomic E-state index is 5.41. The summed E-state index contributed by atoms with van der Waals surface area (Å²) in [6.07, 6.45) is 6.71. The van der Waals surface area contributed by atoms with Crippen molar-refractivity contribution in [3.05, 3.63) is 11.9 Å². The zero-order valence-electron chi connectivity index (χ0n) is 12.5. The van der Waals surface area contributed by atoms with Crippen LogP contribution in [0.15, 0.2) is 6.33 Å². The van der Waals surface area contributed by atoms with Crippen molar-refractivity contribution >= 4 is 11.6 Å². The van der Waals surface area contributed by atoms with Crippen molar-refractivity contribution in [3.63, 3.8) is 0 Å². The van der Waals surface area contributed by atoms with Gasteiger partial charge in [0.25, 0.3) is 0 Å². The molecular weight excluding hydrogens is 252 g/mol. The van der Waals surface area contributed by atoms with Crippen LogP contribution in [0.5, 0.6) is 0 Å². The molecule has 1 aliphatic heterocycles. The van der Waals surface area contributed by atoms with E-state index in [-0.39, 0.29) is 0 Å². The highest BCUT2D eigenvalue weighted by atomic mass is 15.3. The van der Waals surface area contributed by atoms with Crippen LogP contribution in [0.1, 0.15) is 38.2 Å². The number of piperidine rings is 1. The summed E-state index contributed by atoms with van der Waals surface area (Å²) >= 11 is 0. The van der Waals surface area contributed by atoms with Crippen molar-refractivity contribution in [1.29, 1.82) is 0 Å². The molecule has 0 aliphatic carbocycles. The van der Waals surface area contributed by atoms with E-state index in [0.29, 0.717) is 5.82 Å². The van der Waals surface area contributed by atoms with Crippen LogP contribution in [0.4, 0.5) is 11.6 Å². The second kappa shape index (κ2) is 7.40. The molecule has 4 N–H and O–H groups in total. The number of nitrogens with zero attached hydrogens (tertiary/aromatic N) is 3. The number of nitrogens with one attached hydrogen (secondary N) is 2. The summed E-state index contributed by atoms with van der Waals surface area (Å²) in [5.41, 5.74) is 3.54. The zero-order valence-corrected chi connectivity index (χ0v) is 12.5. The molecule has 1 aromatic rings. The maximum atomic E-state index is 5.41. The Balaban J connectivity index is 1.76. The number of anilines is 2. The molecule has 0 bridgehead atoms. The van der Waals surface area contributed by atoms with E-state index >= 15 is 0 Å². The minimum Gasteiger partial charge on any atom is -0.370 e. The lowest BCUT2D eigenvalue weighted by Crippen LogP contribution is -2.38. The van der Waals surface area contributed by atoms with Crippen LogP contribution in [0, 0.1) is 6.92 Å². The van der Waals surface area contributed by atoms with Gasteiger partial charge >= 0.3 is 0 Å². The number of nitrogen functional groups attached to an aromatic ring is 1. The number of likely N-dealkylation sites (tertiary alicyclic amines) is 1. The first-order valence-corrected chi connectivity index (χ1v) is 7.48. The minimum atomic E-state index is 0.673. The van der Waals surface area contributed by atoms with Crippen molar-refractivity contribution in [2.24, 2.45) is 5.84 Å². The van der Waals surface area contributed by atoms with Crippen LogP contribution >= 0.6 is 0 Å². The maximum Gasteiger partial charge on any atom is 0.148 e. The van der Waals surface area contributed by atoms with Crippen molar-refractivity contribution < 1.29 is 0 Å². The molecule has 1 saturated heterocycles. The third-order valence-electron chi connectivity index (χ3n) is 4.08. The Bertz CT molecular complexity index is 422. The molecule has 0 aromatic carbocycles. The van der Waals surface area contributed by atoms with Crippen LogP contribution in [0.2, 0.25) is 0 Å². The van der Waals surface area contributed by atoms with Crippen LogP contribution in [0.3, 0.4) is 0 Å². The lowest BCUT2D eigenvalue weighted by atomic mass is 10.0. The smallest absolute Gasteiger partial charge is 0.148 e. The predicted octanol–water partition coefficient (Wildman–Crippen LogP) is 1.75. The van der Waals surface area contributed by atoms with Crippen LogP contribution in [0.25, 0.3) is 0 Å². The number of nitrogens with two attached hydrogens (primary N) is 1. The highest BCUT2D eigenvalue weighted by molar-refractivity contribution is 5.55. The van der Waals surface area contributed by atoms with Crippen LogP contribution in [-0.4, -0.2) is 40.5 Å². The SMILES string of the molecule is Cc1c(NN)ncnc1NCCCN1CCCCC1C. The van der Waals surface area contributed by atoms with Crippen molar-refractivity contribution in [2.45, 2.75) is 45.6 Å². The molecule has 2 heterocycles. The van der Waals surface area contributed by atoms with E-state index in [1.807, 2.05) is 6.92 Å². The molecule has 1 atom stereocenters. The Labute approximate surface area is 121 Å². The first-order valence-electron chi connectivity index (χ1n) is 7.48. The highest BCUT2D eigenvalue weighted by Crippen LogP contribution is 2.18. The summed E-state index contributed by atoms with van der Waals surface area (Å²) in [7, 11) is 0. The normalized spacial score (nSPS) is 19.9. The molecule has 1 unspecified atom stereocenters. The van der Waals surface area contributed by atoms with Gasteiger partial charge in [0.1, 0.15) is 18.0 Å². The van der Waals surface area contributed by atoms with Crippen molar-refractivity contribution in [2.75, 3.05) is 30.4 Å². The molecule has 1 aliphatic rings. The van der Waals surface area contributed by atoms with Gasteiger partial charge in [0.05, 0.1) is 0 Å². The largest absolute Gasteiger partial charge is 0.370 e. The Morgan fingerprint density at radius 1 is 1.35 bits per heavy atom. The first-order chi connectivity index (χ1) is 9.72. The average Bonchev–Trinajstić information content (AvgIpc) is 2.47. The summed E-state index contributed by atoms with van der Waals surface area (Å²) in [5, 5.41) is 3.37. The highest BCUT2D eigenvalue weighted by Gasteiger charge is 2.17. The second-order valence-corrected chi connectivity index (χ2v) is 5.50. The Hall–Kier alpha value is -1.40. The number of hydrogen-bond acceptors (Lipinski definition) is 6. The van der Waals surface area contributed by atoms with Gasteiger partial charge in [0.2, 0.25) is 0 Å². The summed E-state index contributed by atoms with van der Waals surface area (Å²) in [4.78, 5) is 10.9. The second-order valence-electron chi connectivity index (χ2n) is 5.50. The predicted molar refractivity (Wildman–Crippen MR) is 82.6 cm³/mol. The van der Waals surface area contributed by atoms with Gasteiger partial charge in [-0.3, -0.25) is 0 Å². The van der Waals surface area contributed by atoms with Gasteiger partial charge in [0.15, 0.2) is 0 Å². The van der Waals surface area contributed by atoms with E-state index in [1.165, 1.54) is 32.1 Å². The molecule has 20 heavy (non-hydrogen) atoms. The number of hydrogen-bond donors (Lipinski definition) is 3. The Kier molecular flexibility index (Phi) is 5.55. The molecule has 6 heteroatoms. The third-order valence-corrected chi connectivity index (χ3v) is 4.08. The minimum absolute atomic E-state index is 0.673. The molecule has 2 rings (SSSR count). The van der Waals surface area contributed by atoms with Crippen molar-refractivity contribution in [3.8, 4) is 0 Å². The monoisotopic (exact) mass is 278 g/mol. The molecule has 6 nitrogen and oxygen atoms in total. The van der Waals surface area contributed by atoms with Gasteiger partial charge < -0.3 is 15.6 Å². The van der Waals surface area contributed by atoms with E-state index in [0.717, 1.165) is 36.9 Å². The molecule has 1 aromatic heterocycles. The Morgan fingerprint density at radius 3 is 2.90 bits per heavy atom. The fourth-order valence-electron chi connectivity index (χ4n) is 2.75. The van der Waals surface area contributed by atoms with Gasteiger partial charge in [-0.1, -0.05) is 6.42 Å². The van der Waals surface area contributed by atoms with Crippen molar-refractivity contribution in [1.82, 2.24) is 14.9 Å². The number of aromatic nitrogens is 2. The first kappa shape index (κ1) is 15.0. The van der Waals surface area contributed by atoms with E-state index < -0.39 is 0 Å². The molecule has 0 amide bonds. The van der Waals surface area contributed by atoms with Gasteiger partial charge in [-0.15, -0.1) is 0 Å². The molecule has 1 fully saturated rings. The lowest BCUT2D eigenvalue weighted by Gasteiger charge is -2.33. The molecular formula is C14H26N6. The van der Waals surface area contributed by atoms with Gasteiger partial charge in [0, 0.05) is 24.7 Å². The lowest BCUT2D eigenvalue weighted by molar-refractivity contribution is 0.160. The van der Waals surface area contributed by atoms with E-state index in [9.17, 15) is 0 Å². The summed E-state index contributed by atoms with van der Waals surface area (Å²) in [5.74, 6) is 6.95. The average molecular weight is 278 g/mol. The molecule has 0 spiro atoms. The summed E-state index contributed by atoms with van der Waals surface area (Å²) in [6.45, 7) is 7.62. The molecule has 0 radical (unpaired) electrons. The van der Waals surface area contributed by atoms with E-state index in [1.54, 1.807) is 0 Å². The fraction of sp³-hybridized carbons (Fsp3) is 0.714. The number of hydrazine groups is 1. The van der Waals surface area contributed by atoms with E-state index in [2.05, 4.69) is 32.5 Å². The quantitative estimate of drug-likeness (QED) is 0.418. The number of rotatable bonds is 6. The molecule has 0 saturated carbocycles. The van der Waals surface area contributed by atoms with Gasteiger partial charge in [-0.05, 0) is 39.7 Å². The Morgan fingerprint density at radius 2 is 2.15 bits per heavy atom. The van der Waals surface area contributed by atoms with E-state index in [4.69, 9.17) is 5.84 Å². The van der Waals surface area contributed by atoms with Gasteiger partial charge in [-0.2, -0.15) is 0 Å². The fourth-order valence-corrected chi connectivity index (χ4v) is 2.75. The summed E-state index contributed by atoms with van der Waals surface area (Å²) in [6, 6.07) is 0.734. The summed E-state index contributed by atoms with van der Waals surface area (Å²) < 4.78 is 0. The van der Waals surface area contributed by atoms with Crippen LogP contribution in [-0.2, 0) is 0 Å². The standard InChI is InChI=1S/C14H26N6/c1-11-6-3-4-8-20(11)9-5-7-16-13-12(2)14(19-15)18-10-17-13/h10-11H,3-9,15H2,1-2H3,(H2,16,17,18,19). The third kappa shape index (κ3) is 3.80. The molecule has 112 valence electrons. The zero-order chi connectivity index (χ0) is 14.4.